The van der Waals surface area contributed by atoms with Crippen molar-refractivity contribution >= 4 is 23.2 Å². The average molecular weight is 441 g/mol. The molecule has 3 aromatic carbocycles. The number of benzene rings is 3. The van der Waals surface area contributed by atoms with Crippen LogP contribution in [-0.2, 0) is 5.54 Å². The minimum atomic E-state index is -0.396. The average Bonchev–Trinajstić information content (AvgIpc) is 2.85. The van der Waals surface area contributed by atoms with Crippen molar-refractivity contribution in [3.8, 4) is 6.07 Å². The third-order valence-corrected chi connectivity index (χ3v) is 6.00. The molecular formula is C27H28N4O2. The maximum atomic E-state index is 12.8. The number of nitrogens with zero attached hydrogens (tertiary/aromatic N) is 1. The lowest BCUT2D eigenvalue weighted by Gasteiger charge is -2.27. The van der Waals surface area contributed by atoms with Gasteiger partial charge < -0.3 is 16.4 Å². The summed E-state index contributed by atoms with van der Waals surface area (Å²) in [7, 11) is 0. The highest BCUT2D eigenvalue weighted by atomic mass is 16.2. The van der Waals surface area contributed by atoms with E-state index in [1.807, 2.05) is 31.2 Å². The third kappa shape index (κ3) is 5.46. The Morgan fingerprint density at radius 1 is 0.879 bits per heavy atom. The minimum Gasteiger partial charge on any atom is -0.322 e. The maximum Gasteiger partial charge on any atom is 0.255 e. The molecule has 0 atom stereocenters. The van der Waals surface area contributed by atoms with E-state index in [-0.39, 0.29) is 11.8 Å². The number of amides is 2. The number of carbonyl (C=O) groups excluding carboxylic acids is 2. The molecule has 0 aliphatic heterocycles. The molecule has 0 aliphatic carbocycles. The summed E-state index contributed by atoms with van der Waals surface area (Å²) in [5.41, 5.74) is 10.6. The van der Waals surface area contributed by atoms with Gasteiger partial charge in [0.15, 0.2) is 0 Å². The molecule has 4 N–H and O–H groups in total. The maximum absolute atomic E-state index is 12.8. The number of nitrogens with one attached hydrogen (secondary N) is 2. The zero-order valence-electron chi connectivity index (χ0n) is 19.1. The lowest BCUT2D eigenvalue weighted by Crippen LogP contribution is -2.35. The van der Waals surface area contributed by atoms with Crippen molar-refractivity contribution in [1.29, 1.82) is 5.26 Å². The highest BCUT2D eigenvalue weighted by Crippen LogP contribution is 2.26. The van der Waals surface area contributed by atoms with Gasteiger partial charge in [-0.15, -0.1) is 0 Å². The fourth-order valence-corrected chi connectivity index (χ4v) is 3.54. The van der Waals surface area contributed by atoms with E-state index in [2.05, 4.69) is 24.5 Å². The molecule has 0 heterocycles. The number of nitriles is 1. The van der Waals surface area contributed by atoms with Crippen molar-refractivity contribution in [2.45, 2.75) is 39.2 Å². The van der Waals surface area contributed by atoms with Gasteiger partial charge >= 0.3 is 0 Å². The van der Waals surface area contributed by atoms with Crippen LogP contribution in [0.4, 0.5) is 11.4 Å². The van der Waals surface area contributed by atoms with Gasteiger partial charge in [-0.25, -0.2) is 0 Å². The number of hydrogen-bond donors (Lipinski definition) is 3. The second-order valence-electron chi connectivity index (χ2n) is 8.07. The second-order valence-corrected chi connectivity index (χ2v) is 8.07. The predicted molar refractivity (Wildman–Crippen MR) is 131 cm³/mol. The molecule has 3 rings (SSSR count). The summed E-state index contributed by atoms with van der Waals surface area (Å²) >= 11 is 0. The summed E-state index contributed by atoms with van der Waals surface area (Å²) in [6, 6.07) is 21.1. The summed E-state index contributed by atoms with van der Waals surface area (Å²) in [6.07, 6.45) is 1.63. The monoisotopic (exact) mass is 440 g/mol. The second kappa shape index (κ2) is 10.1. The lowest BCUT2D eigenvalue weighted by molar-refractivity contribution is 0.101. The number of aryl methyl sites for hydroxylation is 1. The number of hydrogen-bond acceptors (Lipinski definition) is 4. The van der Waals surface area contributed by atoms with Crippen molar-refractivity contribution in [1.82, 2.24) is 0 Å². The Labute approximate surface area is 194 Å². The summed E-state index contributed by atoms with van der Waals surface area (Å²) in [4.78, 5) is 25.4. The summed E-state index contributed by atoms with van der Waals surface area (Å²) in [5.74, 6) is -0.538. The molecule has 0 saturated heterocycles. The van der Waals surface area contributed by atoms with E-state index in [1.54, 1.807) is 48.5 Å². The van der Waals surface area contributed by atoms with Crippen molar-refractivity contribution < 1.29 is 9.59 Å². The Morgan fingerprint density at radius 3 is 1.97 bits per heavy atom. The molecule has 6 nitrogen and oxygen atoms in total. The van der Waals surface area contributed by atoms with Crippen LogP contribution in [0.1, 0.15) is 64.1 Å². The van der Waals surface area contributed by atoms with Gasteiger partial charge in [0.1, 0.15) is 0 Å². The fourth-order valence-electron chi connectivity index (χ4n) is 3.54. The first-order valence-electron chi connectivity index (χ1n) is 10.9. The van der Waals surface area contributed by atoms with E-state index in [9.17, 15) is 9.59 Å². The molecule has 0 saturated carbocycles. The lowest BCUT2D eigenvalue weighted by atomic mass is 9.85. The van der Waals surface area contributed by atoms with E-state index >= 15 is 0 Å². The van der Waals surface area contributed by atoms with Gasteiger partial charge in [0.25, 0.3) is 11.8 Å². The van der Waals surface area contributed by atoms with Gasteiger partial charge in [-0.3, -0.25) is 9.59 Å². The van der Waals surface area contributed by atoms with Crippen LogP contribution in [0.2, 0.25) is 0 Å². The molecule has 2 amide bonds. The van der Waals surface area contributed by atoms with Crippen molar-refractivity contribution in [3.05, 3.63) is 94.5 Å². The van der Waals surface area contributed by atoms with Crippen LogP contribution >= 0.6 is 0 Å². The Bertz CT molecular complexity index is 1190. The van der Waals surface area contributed by atoms with E-state index < -0.39 is 5.54 Å². The van der Waals surface area contributed by atoms with Gasteiger partial charge in [-0.05, 0) is 79.4 Å². The van der Waals surface area contributed by atoms with Crippen LogP contribution in [0.15, 0.2) is 66.7 Å². The van der Waals surface area contributed by atoms with Crippen LogP contribution in [0.25, 0.3) is 0 Å². The van der Waals surface area contributed by atoms with E-state index in [4.69, 9.17) is 11.0 Å². The Hall–Kier alpha value is -3.95. The smallest absolute Gasteiger partial charge is 0.255 e. The zero-order valence-corrected chi connectivity index (χ0v) is 19.1. The molecule has 0 aliphatic rings. The molecule has 0 fully saturated rings. The van der Waals surface area contributed by atoms with Crippen LogP contribution in [0.3, 0.4) is 0 Å². The highest BCUT2D eigenvalue weighted by Gasteiger charge is 2.23. The van der Waals surface area contributed by atoms with Crippen LogP contribution in [0, 0.1) is 18.3 Å². The van der Waals surface area contributed by atoms with Gasteiger partial charge in [0, 0.05) is 28.0 Å². The SMILES string of the molecule is CCC(N)(CC)c1ccc(C(=O)Nc2cc(NC(=O)c3ccc(C#N)cc3)ccc2C)cc1. The number of carbonyl (C=O) groups is 2. The topological polar surface area (TPSA) is 108 Å². The van der Waals surface area contributed by atoms with Crippen molar-refractivity contribution in [3.63, 3.8) is 0 Å². The molecule has 0 radical (unpaired) electrons. The quantitative estimate of drug-likeness (QED) is 0.460. The van der Waals surface area contributed by atoms with Gasteiger partial charge in [0.05, 0.1) is 11.6 Å². The summed E-state index contributed by atoms with van der Waals surface area (Å²) in [5, 5.41) is 14.6. The molecular weight excluding hydrogens is 412 g/mol. The van der Waals surface area contributed by atoms with Gasteiger partial charge in [-0.2, -0.15) is 5.26 Å². The van der Waals surface area contributed by atoms with E-state index in [0.717, 1.165) is 24.0 Å². The van der Waals surface area contributed by atoms with Crippen LogP contribution in [-0.4, -0.2) is 11.8 Å². The molecule has 6 heteroatoms. The zero-order chi connectivity index (χ0) is 24.0. The largest absolute Gasteiger partial charge is 0.322 e. The normalized spacial score (nSPS) is 10.9. The molecule has 0 spiro atoms. The van der Waals surface area contributed by atoms with Crippen molar-refractivity contribution in [2.75, 3.05) is 10.6 Å². The first kappa shape index (κ1) is 23.7. The summed E-state index contributed by atoms with van der Waals surface area (Å²) < 4.78 is 0. The number of anilines is 2. The molecule has 0 aromatic heterocycles. The Morgan fingerprint density at radius 2 is 1.42 bits per heavy atom. The minimum absolute atomic E-state index is 0.240. The van der Waals surface area contributed by atoms with Crippen molar-refractivity contribution in [2.24, 2.45) is 5.73 Å². The van der Waals surface area contributed by atoms with Crippen LogP contribution in [0.5, 0.6) is 0 Å². The third-order valence-electron chi connectivity index (χ3n) is 6.00. The van der Waals surface area contributed by atoms with E-state index in [0.29, 0.717) is 28.1 Å². The first-order chi connectivity index (χ1) is 15.8. The first-order valence-corrected chi connectivity index (χ1v) is 10.9. The number of rotatable bonds is 7. The Kier molecular flexibility index (Phi) is 7.27. The Balaban J connectivity index is 1.73. The molecule has 0 unspecified atom stereocenters. The number of nitrogens with two attached hydrogens (primary N) is 1. The predicted octanol–water partition coefficient (Wildman–Crippen LogP) is 5.35. The molecule has 33 heavy (non-hydrogen) atoms. The fraction of sp³-hybridized carbons (Fsp3) is 0.222. The summed E-state index contributed by atoms with van der Waals surface area (Å²) in [6.45, 7) is 6.00. The van der Waals surface area contributed by atoms with E-state index in [1.165, 1.54) is 0 Å². The van der Waals surface area contributed by atoms with Gasteiger partial charge in [0.2, 0.25) is 0 Å². The molecule has 3 aromatic rings. The highest BCUT2D eigenvalue weighted by molar-refractivity contribution is 6.06. The van der Waals surface area contributed by atoms with Gasteiger partial charge in [-0.1, -0.05) is 32.0 Å². The molecule has 0 bridgehead atoms. The standard InChI is InChI=1S/C27H28N4O2/c1-4-27(29,5-2)22-13-11-21(12-14-22)26(33)31-24-16-23(15-6-18(24)3)30-25(32)20-9-7-19(17-28)8-10-20/h6-16H,4-5,29H2,1-3H3,(H,30,32)(H,31,33). The van der Waals surface area contributed by atoms with Crippen LogP contribution < -0.4 is 16.4 Å². The molecule has 168 valence electrons.